The van der Waals surface area contributed by atoms with E-state index in [1.807, 2.05) is 0 Å². The number of rotatable bonds is 3. The number of benzene rings is 1. The molecule has 1 aromatic carbocycles. The van der Waals surface area contributed by atoms with Crippen molar-refractivity contribution >= 4 is 17.7 Å². The second-order valence-electron chi connectivity index (χ2n) is 3.50. The quantitative estimate of drug-likeness (QED) is 0.861. The van der Waals surface area contributed by atoms with Gasteiger partial charge in [-0.1, -0.05) is 0 Å². The lowest BCUT2D eigenvalue weighted by molar-refractivity contribution is -0.136. The van der Waals surface area contributed by atoms with Crippen LogP contribution in [-0.2, 0) is 11.2 Å². The minimum Gasteiger partial charge on any atom is -0.481 e. The molecule has 0 spiro atoms. The molecule has 3 nitrogen and oxygen atoms in total. The normalized spacial score (nSPS) is 11.1. The Morgan fingerprint density at radius 1 is 1.50 bits per heavy atom. The highest BCUT2D eigenvalue weighted by Gasteiger charge is 2.31. The minimum atomic E-state index is -4.52. The van der Waals surface area contributed by atoms with E-state index in [0.29, 0.717) is 5.56 Å². The van der Waals surface area contributed by atoms with Crippen LogP contribution < -0.4 is 0 Å². The lowest BCUT2D eigenvalue weighted by Crippen LogP contribution is -2.07. The summed E-state index contributed by atoms with van der Waals surface area (Å²) in [5, 5.41) is 17.4. The van der Waals surface area contributed by atoms with Gasteiger partial charge in [0.1, 0.15) is 0 Å². The van der Waals surface area contributed by atoms with Crippen molar-refractivity contribution in [2.75, 3.05) is 0 Å². The number of carboxylic acid groups (broad SMARTS) is 1. The summed E-state index contributed by atoms with van der Waals surface area (Å²) < 4.78 is 37.1. The van der Waals surface area contributed by atoms with E-state index in [1.165, 1.54) is 13.0 Å². The maximum Gasteiger partial charge on any atom is 0.446 e. The highest BCUT2D eigenvalue weighted by atomic mass is 32.2. The Labute approximate surface area is 105 Å². The maximum atomic E-state index is 12.4. The van der Waals surface area contributed by atoms with E-state index in [-0.39, 0.29) is 16.0 Å². The molecule has 0 bridgehead atoms. The first-order valence-corrected chi connectivity index (χ1v) is 5.55. The molecule has 1 rings (SSSR count). The fourth-order valence-corrected chi connectivity index (χ4v) is 2.23. The molecule has 0 aromatic heterocycles. The van der Waals surface area contributed by atoms with Gasteiger partial charge in [-0.05, 0) is 41.9 Å². The summed E-state index contributed by atoms with van der Waals surface area (Å²) in [5.41, 5.74) is -3.99. The molecule has 18 heavy (non-hydrogen) atoms. The summed E-state index contributed by atoms with van der Waals surface area (Å²) in [7, 11) is 0. The van der Waals surface area contributed by atoms with Crippen molar-refractivity contribution in [1.29, 1.82) is 5.26 Å². The monoisotopic (exact) mass is 275 g/mol. The van der Waals surface area contributed by atoms with Crippen LogP contribution in [0.25, 0.3) is 0 Å². The molecule has 0 heterocycles. The number of carbonyl (C=O) groups is 1. The van der Waals surface area contributed by atoms with Gasteiger partial charge in [-0.25, -0.2) is 0 Å². The van der Waals surface area contributed by atoms with E-state index < -0.39 is 29.7 Å². The van der Waals surface area contributed by atoms with Gasteiger partial charge in [-0.3, -0.25) is 4.79 Å². The van der Waals surface area contributed by atoms with Gasteiger partial charge in [0, 0.05) is 4.90 Å². The van der Waals surface area contributed by atoms with Crippen LogP contribution >= 0.6 is 11.8 Å². The molecule has 0 atom stereocenters. The number of nitriles is 1. The maximum absolute atomic E-state index is 12.4. The average molecular weight is 275 g/mol. The molecule has 0 amide bonds. The van der Waals surface area contributed by atoms with Crippen LogP contribution in [0.5, 0.6) is 0 Å². The standard InChI is InChI=1S/C11H8F3NO2S/c1-6-2-7(5-15)3-9(18-11(12,13)14)8(6)4-10(16)17/h2-3H,4H2,1H3,(H,16,17). The summed E-state index contributed by atoms with van der Waals surface area (Å²) in [4.78, 5) is 10.4. The van der Waals surface area contributed by atoms with Crippen LogP contribution in [0.1, 0.15) is 16.7 Å². The number of alkyl halides is 3. The van der Waals surface area contributed by atoms with Crippen molar-refractivity contribution in [3.63, 3.8) is 0 Å². The van der Waals surface area contributed by atoms with E-state index in [4.69, 9.17) is 10.4 Å². The predicted molar refractivity (Wildman–Crippen MR) is 59.1 cm³/mol. The Kier molecular flexibility index (Phi) is 4.24. The van der Waals surface area contributed by atoms with Gasteiger partial charge in [0.2, 0.25) is 0 Å². The molecule has 96 valence electrons. The van der Waals surface area contributed by atoms with Crippen molar-refractivity contribution in [2.24, 2.45) is 0 Å². The highest BCUT2D eigenvalue weighted by Crippen LogP contribution is 2.40. The van der Waals surface area contributed by atoms with Gasteiger partial charge in [0.15, 0.2) is 0 Å². The summed E-state index contributed by atoms with van der Waals surface area (Å²) >= 11 is -0.401. The van der Waals surface area contributed by atoms with E-state index in [0.717, 1.165) is 6.07 Å². The largest absolute Gasteiger partial charge is 0.481 e. The molecule has 0 unspecified atom stereocenters. The van der Waals surface area contributed by atoms with Gasteiger partial charge in [-0.15, -0.1) is 0 Å². The van der Waals surface area contributed by atoms with Gasteiger partial charge in [-0.2, -0.15) is 18.4 Å². The predicted octanol–water partition coefficient (Wildman–Crippen LogP) is 3.11. The summed E-state index contributed by atoms with van der Waals surface area (Å²) in [6.45, 7) is 1.49. The number of hydrogen-bond donors (Lipinski definition) is 1. The number of nitrogens with zero attached hydrogens (tertiary/aromatic N) is 1. The Hall–Kier alpha value is -1.68. The third kappa shape index (κ3) is 3.96. The summed E-state index contributed by atoms with van der Waals surface area (Å²) in [6.07, 6.45) is -0.504. The zero-order valence-corrected chi connectivity index (χ0v) is 10.0. The fraction of sp³-hybridized carbons (Fsp3) is 0.273. The van der Waals surface area contributed by atoms with Crippen LogP contribution in [0.2, 0.25) is 0 Å². The Morgan fingerprint density at radius 3 is 2.56 bits per heavy atom. The van der Waals surface area contributed by atoms with Crippen LogP contribution in [-0.4, -0.2) is 16.6 Å². The van der Waals surface area contributed by atoms with Gasteiger partial charge >= 0.3 is 11.5 Å². The Morgan fingerprint density at radius 2 is 2.11 bits per heavy atom. The van der Waals surface area contributed by atoms with E-state index >= 15 is 0 Å². The number of hydrogen-bond acceptors (Lipinski definition) is 3. The van der Waals surface area contributed by atoms with Crippen molar-refractivity contribution < 1.29 is 23.1 Å². The van der Waals surface area contributed by atoms with Crippen LogP contribution in [0, 0.1) is 18.3 Å². The molecular formula is C11H8F3NO2S. The molecule has 0 radical (unpaired) electrons. The van der Waals surface area contributed by atoms with Crippen LogP contribution in [0.4, 0.5) is 13.2 Å². The molecule has 0 saturated carbocycles. The third-order valence-corrected chi connectivity index (χ3v) is 2.93. The Balaban J connectivity index is 3.30. The topological polar surface area (TPSA) is 61.1 Å². The zero-order chi connectivity index (χ0) is 13.9. The molecule has 0 aliphatic rings. The van der Waals surface area contributed by atoms with Gasteiger partial charge < -0.3 is 5.11 Å². The first kappa shape index (κ1) is 14.4. The molecule has 0 aliphatic carbocycles. The molecule has 0 aliphatic heterocycles. The van der Waals surface area contributed by atoms with E-state index in [9.17, 15) is 18.0 Å². The molecule has 7 heteroatoms. The number of halogens is 3. The van der Waals surface area contributed by atoms with Crippen molar-refractivity contribution in [1.82, 2.24) is 0 Å². The SMILES string of the molecule is Cc1cc(C#N)cc(SC(F)(F)F)c1CC(=O)O. The number of thioether (sulfide) groups is 1. The molecule has 0 fully saturated rings. The minimum absolute atomic E-state index is 0.0772. The number of aryl methyl sites for hydroxylation is 1. The van der Waals surface area contributed by atoms with Crippen molar-refractivity contribution in [3.05, 3.63) is 28.8 Å². The van der Waals surface area contributed by atoms with Gasteiger partial charge in [0.25, 0.3) is 0 Å². The van der Waals surface area contributed by atoms with E-state index in [1.54, 1.807) is 6.07 Å². The lowest BCUT2D eigenvalue weighted by atomic mass is 10.0. The van der Waals surface area contributed by atoms with Crippen LogP contribution in [0.3, 0.4) is 0 Å². The number of carboxylic acids is 1. The van der Waals surface area contributed by atoms with Crippen molar-refractivity contribution in [3.8, 4) is 6.07 Å². The molecule has 1 N–H and O–H groups in total. The summed E-state index contributed by atoms with van der Waals surface area (Å²) in [5.74, 6) is -1.22. The number of aliphatic carboxylic acids is 1. The highest BCUT2D eigenvalue weighted by molar-refractivity contribution is 8.00. The molecular weight excluding hydrogens is 267 g/mol. The summed E-state index contributed by atoms with van der Waals surface area (Å²) in [6, 6.07) is 4.18. The van der Waals surface area contributed by atoms with Gasteiger partial charge in [0.05, 0.1) is 18.1 Å². The molecule has 1 aromatic rings. The first-order chi connectivity index (χ1) is 8.23. The first-order valence-electron chi connectivity index (χ1n) is 4.74. The van der Waals surface area contributed by atoms with Crippen molar-refractivity contribution in [2.45, 2.75) is 23.7 Å². The van der Waals surface area contributed by atoms with E-state index in [2.05, 4.69) is 0 Å². The second kappa shape index (κ2) is 5.31. The fourth-order valence-electron chi connectivity index (χ4n) is 1.44. The zero-order valence-electron chi connectivity index (χ0n) is 9.21. The molecule has 0 saturated heterocycles. The second-order valence-corrected chi connectivity index (χ2v) is 4.61. The smallest absolute Gasteiger partial charge is 0.446 e. The third-order valence-electron chi connectivity index (χ3n) is 2.11. The lowest BCUT2D eigenvalue weighted by Gasteiger charge is -2.13. The Bertz CT molecular complexity index is 520. The van der Waals surface area contributed by atoms with Crippen LogP contribution in [0.15, 0.2) is 17.0 Å². The average Bonchev–Trinajstić information content (AvgIpc) is 2.20.